The molecule has 5 heteroatoms. The number of hydrogen-bond donors (Lipinski definition) is 2. The van der Waals surface area contributed by atoms with Crippen LogP contribution in [-0.2, 0) is 13.1 Å². The van der Waals surface area contributed by atoms with E-state index in [1.54, 1.807) is 0 Å². The van der Waals surface area contributed by atoms with Gasteiger partial charge in [0.15, 0.2) is 0 Å². The Morgan fingerprint density at radius 1 is 0.952 bits per heavy atom. The van der Waals surface area contributed by atoms with Gasteiger partial charge in [-0.3, -0.25) is 0 Å². The third-order valence-corrected chi connectivity index (χ3v) is 4.40. The molecule has 2 aromatic carbocycles. The van der Waals surface area contributed by atoms with E-state index in [2.05, 4.69) is 66.3 Å². The first kappa shape index (κ1) is 16.3. The topological polar surface area (TPSA) is 35.5 Å². The van der Waals surface area contributed by atoms with E-state index >= 15 is 0 Å². The van der Waals surface area contributed by atoms with Crippen molar-refractivity contribution in [2.24, 2.45) is 0 Å². The van der Waals surface area contributed by atoms with Crippen LogP contribution >= 0.6 is 31.9 Å². The summed E-state index contributed by atoms with van der Waals surface area (Å²) in [5, 5.41) is 13.1. The first-order chi connectivity index (χ1) is 9.97. The normalized spacial score (nSPS) is 10.7. The summed E-state index contributed by atoms with van der Waals surface area (Å²) >= 11 is 6.69. The second-order valence-corrected chi connectivity index (χ2v) is 6.78. The van der Waals surface area contributed by atoms with Gasteiger partial charge >= 0.3 is 0 Å². The number of halogens is 2. The van der Waals surface area contributed by atoms with Crippen molar-refractivity contribution >= 4 is 37.5 Å². The minimum atomic E-state index is 0.234. The van der Waals surface area contributed by atoms with Gasteiger partial charge in [0.25, 0.3) is 0 Å². The van der Waals surface area contributed by atoms with Crippen LogP contribution in [0.4, 0.5) is 5.69 Å². The Kier molecular flexibility index (Phi) is 5.67. The summed E-state index contributed by atoms with van der Waals surface area (Å²) in [7, 11) is 4.07. The van der Waals surface area contributed by atoms with Crippen LogP contribution in [0.5, 0.6) is 5.75 Å². The molecule has 0 amide bonds. The Balaban J connectivity index is 1.92. The standard InChI is InChI=1S/C16H18Br2N2O/c1-20(2)13-5-3-11(4-6-13)9-19-10-12-7-14(17)16(21)15(18)8-12/h3-8,19,21H,9-10H2,1-2H3. The fourth-order valence-corrected chi connectivity index (χ4v) is 3.26. The van der Waals surface area contributed by atoms with E-state index in [0.29, 0.717) is 8.95 Å². The summed E-state index contributed by atoms with van der Waals surface area (Å²) < 4.78 is 1.40. The first-order valence-corrected chi connectivity index (χ1v) is 8.20. The van der Waals surface area contributed by atoms with Gasteiger partial charge in [-0.15, -0.1) is 0 Å². The lowest BCUT2D eigenvalue weighted by Gasteiger charge is -2.13. The monoisotopic (exact) mass is 412 g/mol. The maximum absolute atomic E-state index is 9.69. The van der Waals surface area contributed by atoms with E-state index in [1.807, 2.05) is 26.2 Å². The molecule has 0 radical (unpaired) electrons. The van der Waals surface area contributed by atoms with Gasteiger partial charge in [0.05, 0.1) is 8.95 Å². The van der Waals surface area contributed by atoms with Crippen molar-refractivity contribution in [2.75, 3.05) is 19.0 Å². The lowest BCUT2D eigenvalue weighted by molar-refractivity contribution is 0.468. The van der Waals surface area contributed by atoms with Crippen LogP contribution in [0.1, 0.15) is 11.1 Å². The average molecular weight is 414 g/mol. The van der Waals surface area contributed by atoms with Crippen LogP contribution in [0.2, 0.25) is 0 Å². The van der Waals surface area contributed by atoms with E-state index in [-0.39, 0.29) is 5.75 Å². The maximum Gasteiger partial charge on any atom is 0.143 e. The van der Waals surface area contributed by atoms with Crippen LogP contribution in [0.25, 0.3) is 0 Å². The number of nitrogens with zero attached hydrogens (tertiary/aromatic N) is 1. The molecule has 0 aromatic heterocycles. The van der Waals surface area contributed by atoms with E-state index in [0.717, 1.165) is 18.7 Å². The molecule has 0 heterocycles. The van der Waals surface area contributed by atoms with Crippen LogP contribution in [0, 0.1) is 0 Å². The Bertz CT molecular complexity index is 589. The highest BCUT2D eigenvalue weighted by Gasteiger charge is 2.05. The van der Waals surface area contributed by atoms with E-state index in [4.69, 9.17) is 0 Å². The van der Waals surface area contributed by atoms with Crippen LogP contribution in [0.3, 0.4) is 0 Å². The molecule has 0 aliphatic rings. The van der Waals surface area contributed by atoms with Crippen molar-refractivity contribution in [3.8, 4) is 5.75 Å². The predicted molar refractivity (Wildman–Crippen MR) is 94.8 cm³/mol. The number of rotatable bonds is 5. The van der Waals surface area contributed by atoms with Crippen LogP contribution in [-0.4, -0.2) is 19.2 Å². The Labute approximate surface area is 142 Å². The third-order valence-electron chi connectivity index (χ3n) is 3.19. The number of anilines is 1. The van der Waals surface area contributed by atoms with Gasteiger partial charge in [0, 0.05) is 32.9 Å². The van der Waals surface area contributed by atoms with Crippen molar-refractivity contribution < 1.29 is 5.11 Å². The smallest absolute Gasteiger partial charge is 0.143 e. The summed E-state index contributed by atoms with van der Waals surface area (Å²) in [4.78, 5) is 2.09. The average Bonchev–Trinajstić information content (AvgIpc) is 2.45. The van der Waals surface area contributed by atoms with E-state index in [1.165, 1.54) is 11.3 Å². The summed E-state index contributed by atoms with van der Waals surface area (Å²) in [6.07, 6.45) is 0. The maximum atomic E-state index is 9.69. The zero-order chi connectivity index (χ0) is 15.4. The highest BCUT2D eigenvalue weighted by Crippen LogP contribution is 2.33. The van der Waals surface area contributed by atoms with Crippen molar-refractivity contribution in [1.29, 1.82) is 0 Å². The number of phenolic OH excluding ortho intramolecular Hbond substituents is 1. The van der Waals surface area contributed by atoms with Crippen molar-refractivity contribution in [3.05, 3.63) is 56.5 Å². The Morgan fingerprint density at radius 3 is 2.00 bits per heavy atom. The van der Waals surface area contributed by atoms with Crippen LogP contribution in [0.15, 0.2) is 45.3 Å². The van der Waals surface area contributed by atoms with Gasteiger partial charge in [0.1, 0.15) is 5.75 Å². The fraction of sp³-hybridized carbons (Fsp3) is 0.250. The van der Waals surface area contributed by atoms with Gasteiger partial charge < -0.3 is 15.3 Å². The lowest BCUT2D eigenvalue weighted by Crippen LogP contribution is -2.13. The number of phenols is 1. The van der Waals surface area contributed by atoms with Gasteiger partial charge in [-0.05, 0) is 67.3 Å². The number of aromatic hydroxyl groups is 1. The van der Waals surface area contributed by atoms with E-state index in [9.17, 15) is 5.11 Å². The number of hydrogen-bond acceptors (Lipinski definition) is 3. The summed E-state index contributed by atoms with van der Waals surface area (Å²) in [5.74, 6) is 0.234. The highest BCUT2D eigenvalue weighted by molar-refractivity contribution is 9.11. The molecule has 2 rings (SSSR count). The zero-order valence-corrected chi connectivity index (χ0v) is 15.2. The molecule has 21 heavy (non-hydrogen) atoms. The fourth-order valence-electron chi connectivity index (χ4n) is 1.98. The molecule has 0 unspecified atom stereocenters. The first-order valence-electron chi connectivity index (χ1n) is 6.61. The zero-order valence-electron chi connectivity index (χ0n) is 12.0. The largest absolute Gasteiger partial charge is 0.506 e. The lowest BCUT2D eigenvalue weighted by atomic mass is 10.2. The van der Waals surface area contributed by atoms with Gasteiger partial charge in [0.2, 0.25) is 0 Å². The molecule has 0 aliphatic heterocycles. The molecular weight excluding hydrogens is 396 g/mol. The summed E-state index contributed by atoms with van der Waals surface area (Å²) in [6, 6.07) is 12.3. The van der Waals surface area contributed by atoms with Crippen molar-refractivity contribution in [3.63, 3.8) is 0 Å². The molecular formula is C16H18Br2N2O. The summed E-state index contributed by atoms with van der Waals surface area (Å²) in [6.45, 7) is 1.55. The van der Waals surface area contributed by atoms with Crippen molar-refractivity contribution in [1.82, 2.24) is 5.32 Å². The van der Waals surface area contributed by atoms with E-state index < -0.39 is 0 Å². The molecule has 0 aliphatic carbocycles. The minimum Gasteiger partial charge on any atom is -0.506 e. The Hall–Kier alpha value is -1.04. The van der Waals surface area contributed by atoms with Gasteiger partial charge in [-0.1, -0.05) is 12.1 Å². The second-order valence-electron chi connectivity index (χ2n) is 5.07. The molecule has 2 N–H and O–H groups in total. The molecule has 0 spiro atoms. The van der Waals surface area contributed by atoms with Gasteiger partial charge in [-0.25, -0.2) is 0 Å². The predicted octanol–water partition coefficient (Wildman–Crippen LogP) is 4.27. The number of nitrogens with one attached hydrogen (secondary N) is 1. The van der Waals surface area contributed by atoms with Crippen LogP contribution < -0.4 is 10.2 Å². The summed E-state index contributed by atoms with van der Waals surface area (Å²) in [5.41, 5.74) is 3.55. The van der Waals surface area contributed by atoms with Crippen molar-refractivity contribution in [2.45, 2.75) is 13.1 Å². The quantitative estimate of drug-likeness (QED) is 0.768. The molecule has 2 aromatic rings. The molecule has 0 atom stereocenters. The Morgan fingerprint density at radius 2 is 1.48 bits per heavy atom. The molecule has 0 saturated heterocycles. The third kappa shape index (κ3) is 4.46. The molecule has 3 nitrogen and oxygen atoms in total. The molecule has 0 bridgehead atoms. The molecule has 0 fully saturated rings. The molecule has 112 valence electrons. The highest BCUT2D eigenvalue weighted by atomic mass is 79.9. The minimum absolute atomic E-state index is 0.234. The SMILES string of the molecule is CN(C)c1ccc(CNCc2cc(Br)c(O)c(Br)c2)cc1. The second kappa shape index (κ2) is 7.29. The number of benzene rings is 2. The molecule has 0 saturated carbocycles. The van der Waals surface area contributed by atoms with Gasteiger partial charge in [-0.2, -0.15) is 0 Å².